The van der Waals surface area contributed by atoms with Gasteiger partial charge in [-0.3, -0.25) is 14.5 Å². The van der Waals surface area contributed by atoms with E-state index in [4.69, 9.17) is 23.2 Å². The van der Waals surface area contributed by atoms with Gasteiger partial charge in [0.05, 0.1) is 22.0 Å². The Kier molecular flexibility index (Phi) is 5.70. The van der Waals surface area contributed by atoms with Gasteiger partial charge in [-0.1, -0.05) is 54.4 Å². The molecule has 7 heteroatoms. The Bertz CT molecular complexity index is 930. The summed E-state index contributed by atoms with van der Waals surface area (Å²) in [6.45, 7) is 1.75. The van der Waals surface area contributed by atoms with Crippen molar-refractivity contribution in [3.63, 3.8) is 0 Å². The molecule has 0 spiro atoms. The SMILES string of the molecule is CCSC1=C(c2ccc(Cl)cc2Cl)C(=O)N(Cc2ccccc2F)C1=O. The van der Waals surface area contributed by atoms with E-state index in [1.165, 1.54) is 23.9 Å². The van der Waals surface area contributed by atoms with Crippen LogP contribution in [0.5, 0.6) is 0 Å². The van der Waals surface area contributed by atoms with Crippen molar-refractivity contribution in [3.05, 3.63) is 74.4 Å². The quantitative estimate of drug-likeness (QED) is 0.639. The summed E-state index contributed by atoms with van der Waals surface area (Å²) in [4.78, 5) is 27.2. The van der Waals surface area contributed by atoms with Crippen LogP contribution >= 0.6 is 35.0 Å². The fourth-order valence-electron chi connectivity index (χ4n) is 2.70. The van der Waals surface area contributed by atoms with Crippen LogP contribution in [0.2, 0.25) is 10.0 Å². The normalized spacial score (nSPS) is 14.5. The molecule has 26 heavy (non-hydrogen) atoms. The number of carbonyl (C=O) groups excluding carboxylic acids is 2. The lowest BCUT2D eigenvalue weighted by atomic mass is 10.1. The van der Waals surface area contributed by atoms with Crippen LogP contribution in [0, 0.1) is 5.82 Å². The van der Waals surface area contributed by atoms with E-state index in [-0.39, 0.29) is 22.7 Å². The van der Waals surface area contributed by atoms with Crippen LogP contribution in [0.1, 0.15) is 18.1 Å². The molecule has 2 aromatic carbocycles. The van der Waals surface area contributed by atoms with E-state index in [9.17, 15) is 14.0 Å². The highest BCUT2D eigenvalue weighted by atomic mass is 35.5. The lowest BCUT2D eigenvalue weighted by Gasteiger charge is -2.15. The van der Waals surface area contributed by atoms with Gasteiger partial charge in [-0.05, 0) is 24.0 Å². The molecule has 0 aliphatic carbocycles. The molecule has 0 saturated heterocycles. The molecule has 1 aliphatic heterocycles. The van der Waals surface area contributed by atoms with Gasteiger partial charge >= 0.3 is 0 Å². The van der Waals surface area contributed by atoms with Crippen LogP contribution in [0.4, 0.5) is 4.39 Å². The number of rotatable bonds is 5. The fraction of sp³-hybridized carbons (Fsp3) is 0.158. The van der Waals surface area contributed by atoms with Crippen LogP contribution in [0.15, 0.2) is 47.4 Å². The third-order valence-electron chi connectivity index (χ3n) is 3.90. The highest BCUT2D eigenvalue weighted by Crippen LogP contribution is 2.39. The van der Waals surface area contributed by atoms with Crippen LogP contribution in [-0.2, 0) is 16.1 Å². The molecule has 3 nitrogen and oxygen atoms in total. The summed E-state index contributed by atoms with van der Waals surface area (Å²) in [5.74, 6) is -0.781. The van der Waals surface area contributed by atoms with E-state index in [1.54, 1.807) is 30.3 Å². The maximum absolute atomic E-state index is 14.0. The van der Waals surface area contributed by atoms with Crippen LogP contribution in [0.25, 0.3) is 5.57 Å². The summed E-state index contributed by atoms with van der Waals surface area (Å²) in [7, 11) is 0. The molecule has 0 atom stereocenters. The molecule has 0 aromatic heterocycles. The second-order valence-corrected chi connectivity index (χ2v) is 7.67. The zero-order valence-corrected chi connectivity index (χ0v) is 16.1. The van der Waals surface area contributed by atoms with Gasteiger partial charge in [0.2, 0.25) is 0 Å². The van der Waals surface area contributed by atoms with Crippen molar-refractivity contribution in [2.75, 3.05) is 5.75 Å². The summed E-state index contributed by atoms with van der Waals surface area (Å²) in [5, 5.41) is 0.722. The van der Waals surface area contributed by atoms with Gasteiger partial charge < -0.3 is 0 Å². The first kappa shape index (κ1) is 19.0. The standard InChI is InChI=1S/C19H14Cl2FNO2S/c1-2-26-17-16(13-8-7-12(20)9-14(13)21)18(24)23(19(17)25)10-11-5-3-4-6-15(11)22/h3-9H,2,10H2,1H3. The largest absolute Gasteiger partial charge is 0.269 e. The Labute approximate surface area is 164 Å². The van der Waals surface area contributed by atoms with Crippen molar-refractivity contribution < 1.29 is 14.0 Å². The Morgan fingerprint density at radius 3 is 2.46 bits per heavy atom. The van der Waals surface area contributed by atoms with Gasteiger partial charge in [-0.25, -0.2) is 4.39 Å². The number of halogens is 3. The highest BCUT2D eigenvalue weighted by molar-refractivity contribution is 8.04. The number of nitrogens with zero attached hydrogens (tertiary/aromatic N) is 1. The minimum atomic E-state index is -0.488. The first-order chi connectivity index (χ1) is 12.4. The lowest BCUT2D eigenvalue weighted by molar-refractivity contribution is -0.137. The van der Waals surface area contributed by atoms with Crippen molar-refractivity contribution in [2.45, 2.75) is 13.5 Å². The molecule has 0 radical (unpaired) electrons. The van der Waals surface area contributed by atoms with Crippen molar-refractivity contribution >= 4 is 52.4 Å². The van der Waals surface area contributed by atoms with E-state index in [0.29, 0.717) is 21.2 Å². The molecule has 0 unspecified atom stereocenters. The molecular weight excluding hydrogens is 396 g/mol. The van der Waals surface area contributed by atoms with Gasteiger partial charge in [0, 0.05) is 16.1 Å². The Morgan fingerprint density at radius 2 is 1.81 bits per heavy atom. The topological polar surface area (TPSA) is 37.4 Å². The van der Waals surface area contributed by atoms with Crippen molar-refractivity contribution in [3.8, 4) is 0 Å². The molecule has 2 amide bonds. The zero-order valence-electron chi connectivity index (χ0n) is 13.8. The van der Waals surface area contributed by atoms with E-state index in [1.807, 2.05) is 6.92 Å². The smallest absolute Gasteiger partial charge is 0.268 e. The summed E-state index contributed by atoms with van der Waals surface area (Å²) in [6, 6.07) is 10.8. The summed E-state index contributed by atoms with van der Waals surface area (Å²) in [6.07, 6.45) is 0. The maximum Gasteiger partial charge on any atom is 0.268 e. The van der Waals surface area contributed by atoms with Gasteiger partial charge in [0.1, 0.15) is 5.82 Å². The second-order valence-electron chi connectivity index (χ2n) is 5.55. The lowest BCUT2D eigenvalue weighted by Crippen LogP contribution is -2.31. The third-order valence-corrected chi connectivity index (χ3v) is 5.40. The van der Waals surface area contributed by atoms with Crippen molar-refractivity contribution in [2.24, 2.45) is 0 Å². The average Bonchev–Trinajstić information content (AvgIpc) is 2.82. The van der Waals surface area contributed by atoms with Gasteiger partial charge in [-0.15, -0.1) is 11.8 Å². The van der Waals surface area contributed by atoms with Gasteiger partial charge in [-0.2, -0.15) is 0 Å². The molecule has 1 heterocycles. The fourth-order valence-corrected chi connectivity index (χ4v) is 4.07. The molecule has 0 bridgehead atoms. The van der Waals surface area contributed by atoms with E-state index in [2.05, 4.69) is 0 Å². The Hall–Kier alpha value is -1.82. The summed E-state index contributed by atoms with van der Waals surface area (Å²) in [5.41, 5.74) is 0.958. The number of thioether (sulfide) groups is 1. The number of benzene rings is 2. The number of hydrogen-bond acceptors (Lipinski definition) is 3. The molecule has 1 aliphatic rings. The number of imide groups is 1. The maximum atomic E-state index is 14.0. The van der Waals surface area contributed by atoms with Crippen molar-refractivity contribution in [1.29, 1.82) is 0 Å². The molecule has 0 N–H and O–H groups in total. The predicted molar refractivity (Wildman–Crippen MR) is 103 cm³/mol. The van der Waals surface area contributed by atoms with Gasteiger partial charge in [0.25, 0.3) is 11.8 Å². The van der Waals surface area contributed by atoms with Crippen LogP contribution < -0.4 is 0 Å². The van der Waals surface area contributed by atoms with Crippen molar-refractivity contribution in [1.82, 2.24) is 4.90 Å². The minimum Gasteiger partial charge on any atom is -0.269 e. The Morgan fingerprint density at radius 1 is 1.08 bits per heavy atom. The summed E-state index contributed by atoms with van der Waals surface area (Å²) < 4.78 is 14.0. The third kappa shape index (κ3) is 3.52. The van der Waals surface area contributed by atoms with Crippen LogP contribution in [-0.4, -0.2) is 22.5 Å². The molecule has 2 aromatic rings. The molecular formula is C19H14Cl2FNO2S. The monoisotopic (exact) mass is 409 g/mol. The first-order valence-corrected chi connectivity index (χ1v) is 9.60. The summed E-state index contributed by atoms with van der Waals surface area (Å²) >= 11 is 13.4. The Balaban J connectivity index is 2.03. The van der Waals surface area contributed by atoms with E-state index in [0.717, 1.165) is 4.90 Å². The van der Waals surface area contributed by atoms with Gasteiger partial charge in [0.15, 0.2) is 0 Å². The predicted octanol–water partition coefficient (Wildman–Crippen LogP) is 5.17. The number of carbonyl (C=O) groups is 2. The van der Waals surface area contributed by atoms with E-state index < -0.39 is 17.6 Å². The minimum absolute atomic E-state index is 0.132. The first-order valence-electron chi connectivity index (χ1n) is 7.86. The number of amides is 2. The number of hydrogen-bond donors (Lipinski definition) is 0. The van der Waals surface area contributed by atoms with E-state index >= 15 is 0 Å². The average molecular weight is 410 g/mol. The molecule has 134 valence electrons. The molecule has 0 saturated carbocycles. The highest BCUT2D eigenvalue weighted by Gasteiger charge is 2.39. The van der Waals surface area contributed by atoms with Crippen LogP contribution in [0.3, 0.4) is 0 Å². The second kappa shape index (κ2) is 7.82. The molecule has 0 fully saturated rings. The zero-order chi connectivity index (χ0) is 18.8. The molecule has 3 rings (SSSR count).